The summed E-state index contributed by atoms with van der Waals surface area (Å²) in [4.78, 5) is 43.3. The third-order valence-electron chi connectivity index (χ3n) is 4.78. The molecule has 0 spiro atoms. The van der Waals surface area contributed by atoms with E-state index in [1.54, 1.807) is 11.6 Å². The van der Waals surface area contributed by atoms with Gasteiger partial charge in [0, 0.05) is 26.7 Å². The number of hydrogen-bond donors (Lipinski definition) is 0. The Kier molecular flexibility index (Phi) is 4.53. The minimum atomic E-state index is -0.427. The minimum absolute atomic E-state index is 0.00152. The summed E-state index contributed by atoms with van der Waals surface area (Å²) in [6, 6.07) is 0.327. The lowest BCUT2D eigenvalue weighted by Crippen LogP contribution is -2.39. The molecule has 0 radical (unpaired) electrons. The summed E-state index contributed by atoms with van der Waals surface area (Å²) in [7, 11) is 3.00. The van der Waals surface area contributed by atoms with E-state index in [-0.39, 0.29) is 18.0 Å². The van der Waals surface area contributed by atoms with Crippen molar-refractivity contribution in [3.63, 3.8) is 0 Å². The van der Waals surface area contributed by atoms with Gasteiger partial charge in [0.05, 0.1) is 6.33 Å². The average molecular weight is 347 g/mol. The van der Waals surface area contributed by atoms with Gasteiger partial charge >= 0.3 is 5.69 Å². The first kappa shape index (κ1) is 17.4. The van der Waals surface area contributed by atoms with E-state index in [0.29, 0.717) is 17.6 Å². The van der Waals surface area contributed by atoms with Crippen LogP contribution in [-0.4, -0.2) is 42.1 Å². The first-order chi connectivity index (χ1) is 11.8. The van der Waals surface area contributed by atoms with Crippen LogP contribution in [0.4, 0.5) is 0 Å². The van der Waals surface area contributed by atoms with E-state index < -0.39 is 11.2 Å². The highest BCUT2D eigenvalue weighted by Gasteiger charge is 2.32. The highest BCUT2D eigenvalue weighted by Crippen LogP contribution is 2.28. The fourth-order valence-electron chi connectivity index (χ4n) is 3.05. The quantitative estimate of drug-likeness (QED) is 0.761. The molecule has 1 fully saturated rings. The Morgan fingerprint density at radius 2 is 1.96 bits per heavy atom. The van der Waals surface area contributed by atoms with E-state index in [9.17, 15) is 14.4 Å². The third kappa shape index (κ3) is 3.25. The molecule has 2 aromatic heterocycles. The van der Waals surface area contributed by atoms with Gasteiger partial charge in [-0.25, -0.2) is 9.78 Å². The molecule has 8 nitrogen and oxygen atoms in total. The van der Waals surface area contributed by atoms with Crippen LogP contribution in [0.2, 0.25) is 0 Å². The lowest BCUT2D eigenvalue weighted by atomic mass is 10.1. The van der Waals surface area contributed by atoms with Crippen LogP contribution in [0.15, 0.2) is 15.9 Å². The van der Waals surface area contributed by atoms with Crippen LogP contribution in [0.1, 0.15) is 33.1 Å². The monoisotopic (exact) mass is 347 g/mol. The number of nitrogens with zero attached hydrogens (tertiary/aromatic N) is 5. The number of amides is 1. The molecule has 3 rings (SSSR count). The maximum Gasteiger partial charge on any atom is 0.332 e. The van der Waals surface area contributed by atoms with E-state index >= 15 is 0 Å². The summed E-state index contributed by atoms with van der Waals surface area (Å²) in [6.45, 7) is 5.09. The van der Waals surface area contributed by atoms with E-state index in [1.165, 1.54) is 17.9 Å². The smallest absolute Gasteiger partial charge is 0.332 e. The molecule has 0 unspecified atom stereocenters. The first-order valence-electron chi connectivity index (χ1n) is 8.71. The maximum atomic E-state index is 12.8. The van der Waals surface area contributed by atoms with Gasteiger partial charge in [-0.2, -0.15) is 0 Å². The number of fused-ring (bicyclic) bond motifs is 1. The third-order valence-corrected chi connectivity index (χ3v) is 4.78. The summed E-state index contributed by atoms with van der Waals surface area (Å²) >= 11 is 0. The highest BCUT2D eigenvalue weighted by molar-refractivity contribution is 5.79. The van der Waals surface area contributed by atoms with Crippen LogP contribution in [0.3, 0.4) is 0 Å². The Labute approximate surface area is 145 Å². The molecule has 2 aromatic rings. The predicted octanol–water partition coefficient (Wildman–Crippen LogP) is 0.471. The number of aromatic nitrogens is 4. The van der Waals surface area contributed by atoms with Gasteiger partial charge in [-0.05, 0) is 25.2 Å². The van der Waals surface area contributed by atoms with Gasteiger partial charge in [0.15, 0.2) is 11.2 Å². The summed E-state index contributed by atoms with van der Waals surface area (Å²) in [5.41, 5.74) is -0.257. The lowest BCUT2D eigenvalue weighted by molar-refractivity contribution is -0.132. The minimum Gasteiger partial charge on any atom is -0.338 e. The molecular formula is C17H25N5O3. The van der Waals surface area contributed by atoms with Crippen LogP contribution in [-0.2, 0) is 25.4 Å². The van der Waals surface area contributed by atoms with Gasteiger partial charge in [-0.1, -0.05) is 13.8 Å². The normalized spacial score (nSPS) is 14.4. The van der Waals surface area contributed by atoms with Crippen molar-refractivity contribution in [2.75, 3.05) is 6.54 Å². The molecule has 1 aliphatic rings. The molecule has 25 heavy (non-hydrogen) atoms. The largest absolute Gasteiger partial charge is 0.338 e. The Morgan fingerprint density at radius 1 is 1.28 bits per heavy atom. The van der Waals surface area contributed by atoms with Crippen LogP contribution in [0.25, 0.3) is 11.2 Å². The molecule has 0 N–H and O–H groups in total. The maximum absolute atomic E-state index is 12.8. The number of rotatable bonds is 6. The van der Waals surface area contributed by atoms with Gasteiger partial charge in [0.25, 0.3) is 5.56 Å². The Hall–Kier alpha value is -2.38. The molecule has 1 saturated carbocycles. The highest BCUT2D eigenvalue weighted by atomic mass is 16.2. The predicted molar refractivity (Wildman–Crippen MR) is 94.4 cm³/mol. The van der Waals surface area contributed by atoms with E-state index in [1.807, 2.05) is 4.90 Å². The Morgan fingerprint density at radius 3 is 2.56 bits per heavy atom. The van der Waals surface area contributed by atoms with Crippen molar-refractivity contribution in [1.82, 2.24) is 23.6 Å². The van der Waals surface area contributed by atoms with Crippen LogP contribution >= 0.6 is 0 Å². The average Bonchev–Trinajstić information content (AvgIpc) is 3.31. The number of hydrogen-bond acceptors (Lipinski definition) is 4. The van der Waals surface area contributed by atoms with Crippen molar-refractivity contribution in [3.05, 3.63) is 27.2 Å². The lowest BCUT2D eigenvalue weighted by Gasteiger charge is -2.23. The molecular weight excluding hydrogens is 322 g/mol. The van der Waals surface area contributed by atoms with Gasteiger partial charge < -0.3 is 9.47 Å². The molecule has 1 amide bonds. The van der Waals surface area contributed by atoms with Crippen LogP contribution in [0, 0.1) is 5.92 Å². The number of imidazole rings is 1. The van der Waals surface area contributed by atoms with Gasteiger partial charge in [-0.3, -0.25) is 18.7 Å². The fourth-order valence-corrected chi connectivity index (χ4v) is 3.05. The first-order valence-corrected chi connectivity index (χ1v) is 8.71. The van der Waals surface area contributed by atoms with Gasteiger partial charge in [-0.15, -0.1) is 0 Å². The molecule has 2 heterocycles. The van der Waals surface area contributed by atoms with Crippen molar-refractivity contribution in [2.24, 2.45) is 20.0 Å². The summed E-state index contributed by atoms with van der Waals surface area (Å²) in [5, 5.41) is 0. The van der Waals surface area contributed by atoms with Crippen LogP contribution in [0.5, 0.6) is 0 Å². The van der Waals surface area contributed by atoms with Gasteiger partial charge in [0.2, 0.25) is 5.91 Å². The second-order valence-corrected chi connectivity index (χ2v) is 7.25. The molecule has 0 aromatic carbocycles. The Balaban J connectivity index is 1.91. The SMILES string of the molecule is CC(C)CCN(C(=O)Cn1cnc2c1c(=O)n(C)c(=O)n2C)C1CC1. The molecule has 1 aliphatic carbocycles. The summed E-state index contributed by atoms with van der Waals surface area (Å²) < 4.78 is 3.93. The number of carbonyl (C=O) groups excluding carboxylic acids is 1. The van der Waals surface area contributed by atoms with Crippen LogP contribution < -0.4 is 11.2 Å². The van der Waals surface area contributed by atoms with Crippen molar-refractivity contribution >= 4 is 17.1 Å². The molecule has 8 heteroatoms. The van der Waals surface area contributed by atoms with E-state index in [2.05, 4.69) is 18.8 Å². The van der Waals surface area contributed by atoms with Crippen molar-refractivity contribution in [2.45, 2.75) is 45.7 Å². The van der Waals surface area contributed by atoms with Crippen molar-refractivity contribution in [1.29, 1.82) is 0 Å². The molecule has 0 saturated heterocycles. The number of carbonyl (C=O) groups is 1. The standard InChI is InChI=1S/C17H25N5O3/c1-11(2)7-8-22(12-5-6-12)13(23)9-21-10-18-15-14(21)16(24)20(4)17(25)19(15)3/h10-12H,5-9H2,1-4H3. The Bertz CT molecular complexity index is 917. The van der Waals surface area contributed by atoms with Crippen molar-refractivity contribution in [3.8, 4) is 0 Å². The second-order valence-electron chi connectivity index (χ2n) is 7.25. The number of aryl methyl sites for hydroxylation is 1. The zero-order valence-electron chi connectivity index (χ0n) is 15.2. The molecule has 0 bridgehead atoms. The topological polar surface area (TPSA) is 82.1 Å². The zero-order chi connectivity index (χ0) is 18.3. The summed E-state index contributed by atoms with van der Waals surface area (Å²) in [5.74, 6) is 0.531. The molecule has 136 valence electrons. The molecule has 0 aliphatic heterocycles. The fraction of sp³-hybridized carbons (Fsp3) is 0.647. The summed E-state index contributed by atoms with van der Waals surface area (Å²) in [6.07, 6.45) is 4.52. The second kappa shape index (κ2) is 6.50. The molecule has 0 atom stereocenters. The zero-order valence-corrected chi connectivity index (χ0v) is 15.2. The van der Waals surface area contributed by atoms with Gasteiger partial charge in [0.1, 0.15) is 6.54 Å². The van der Waals surface area contributed by atoms with Crippen molar-refractivity contribution < 1.29 is 4.79 Å². The van der Waals surface area contributed by atoms with E-state index in [4.69, 9.17) is 0 Å². The van der Waals surface area contributed by atoms with E-state index in [0.717, 1.165) is 30.4 Å².